The fourth-order valence-corrected chi connectivity index (χ4v) is 3.11. The molecule has 1 saturated carbocycles. The van der Waals surface area contributed by atoms with E-state index in [1.54, 1.807) is 6.20 Å². The molecule has 18 heavy (non-hydrogen) atoms. The van der Waals surface area contributed by atoms with Crippen molar-refractivity contribution in [2.24, 2.45) is 0 Å². The van der Waals surface area contributed by atoms with Crippen LogP contribution in [0.25, 0.3) is 0 Å². The van der Waals surface area contributed by atoms with Crippen LogP contribution in [0.3, 0.4) is 0 Å². The molecule has 98 valence electrons. The third kappa shape index (κ3) is 2.29. The monoisotopic (exact) mass is 248 g/mol. The fourth-order valence-electron chi connectivity index (χ4n) is 3.11. The molecule has 2 heterocycles. The van der Waals surface area contributed by atoms with Crippen LogP contribution in [0.15, 0.2) is 18.3 Å². The number of aromatic nitrogens is 1. The second-order valence-corrected chi connectivity index (χ2v) is 5.37. The smallest absolute Gasteiger partial charge is 0.166 e. The van der Waals surface area contributed by atoms with Crippen molar-refractivity contribution >= 4 is 5.82 Å². The first-order chi connectivity index (χ1) is 8.77. The molecule has 3 rings (SSSR count). The Labute approximate surface area is 107 Å². The van der Waals surface area contributed by atoms with E-state index in [1.165, 1.54) is 32.1 Å². The van der Waals surface area contributed by atoms with E-state index in [0.717, 1.165) is 6.42 Å². The fraction of sp³-hybridized carbons (Fsp3) is 0.643. The lowest BCUT2D eigenvalue weighted by atomic mass is 9.98. The largest absolute Gasteiger partial charge is 0.487 e. The molecule has 1 aliphatic carbocycles. The zero-order valence-electron chi connectivity index (χ0n) is 10.6. The summed E-state index contributed by atoms with van der Waals surface area (Å²) >= 11 is 0. The summed E-state index contributed by atoms with van der Waals surface area (Å²) in [5.41, 5.74) is 5.92. The molecule has 2 aliphatic rings. The van der Waals surface area contributed by atoms with Gasteiger partial charge in [0.1, 0.15) is 6.61 Å². The number of rotatable bonds is 3. The Bertz CT molecular complexity index is 416. The lowest BCUT2D eigenvalue weighted by Gasteiger charge is -2.23. The van der Waals surface area contributed by atoms with E-state index in [1.807, 2.05) is 12.1 Å². The highest BCUT2D eigenvalue weighted by Crippen LogP contribution is 2.43. The van der Waals surface area contributed by atoms with E-state index in [9.17, 15) is 0 Å². The van der Waals surface area contributed by atoms with E-state index in [0.29, 0.717) is 18.2 Å². The van der Waals surface area contributed by atoms with Gasteiger partial charge in [0.05, 0.1) is 11.7 Å². The van der Waals surface area contributed by atoms with Crippen LogP contribution in [0.5, 0.6) is 5.75 Å². The van der Waals surface area contributed by atoms with E-state index < -0.39 is 0 Å². The van der Waals surface area contributed by atoms with E-state index in [2.05, 4.69) is 4.98 Å². The maximum atomic E-state index is 6.19. The normalized spacial score (nSPS) is 25.7. The minimum absolute atomic E-state index is 0.175. The zero-order valence-corrected chi connectivity index (χ0v) is 10.6. The van der Waals surface area contributed by atoms with Gasteiger partial charge in [-0.2, -0.15) is 0 Å². The first-order valence-corrected chi connectivity index (χ1v) is 6.79. The molecule has 0 bridgehead atoms. The van der Waals surface area contributed by atoms with Crippen molar-refractivity contribution in [3.63, 3.8) is 0 Å². The molecule has 0 amide bonds. The van der Waals surface area contributed by atoms with Gasteiger partial charge in [-0.25, -0.2) is 4.98 Å². The molecular formula is C14H20N2O2. The second kappa shape index (κ2) is 4.76. The molecule has 1 spiro atoms. The highest BCUT2D eigenvalue weighted by Gasteiger charge is 2.42. The summed E-state index contributed by atoms with van der Waals surface area (Å²) in [7, 11) is 0. The molecule has 1 unspecified atom stereocenters. The van der Waals surface area contributed by atoms with Crippen molar-refractivity contribution in [3.8, 4) is 5.75 Å². The predicted octanol–water partition coefficient (Wildman–Crippen LogP) is 2.53. The predicted molar refractivity (Wildman–Crippen MR) is 69.5 cm³/mol. The van der Waals surface area contributed by atoms with Gasteiger partial charge in [-0.05, 0) is 37.8 Å². The summed E-state index contributed by atoms with van der Waals surface area (Å²) in [5.74, 6) is 1.11. The summed E-state index contributed by atoms with van der Waals surface area (Å²) in [6, 6.07) is 3.68. The summed E-state index contributed by atoms with van der Waals surface area (Å²) < 4.78 is 11.9. The van der Waals surface area contributed by atoms with Crippen LogP contribution in [0.2, 0.25) is 0 Å². The summed E-state index contributed by atoms with van der Waals surface area (Å²) in [4.78, 5) is 4.01. The molecule has 1 aromatic rings. The summed E-state index contributed by atoms with van der Waals surface area (Å²) in [5, 5.41) is 0. The zero-order chi connectivity index (χ0) is 12.4. The van der Waals surface area contributed by atoms with Crippen molar-refractivity contribution in [3.05, 3.63) is 18.3 Å². The van der Waals surface area contributed by atoms with Crippen molar-refractivity contribution < 1.29 is 9.47 Å². The van der Waals surface area contributed by atoms with Crippen LogP contribution in [-0.4, -0.2) is 23.3 Å². The van der Waals surface area contributed by atoms with Gasteiger partial charge in [-0.3, -0.25) is 0 Å². The SMILES string of the molecule is Nc1ncccc1OCC1CCC2(CCCC2)O1. The molecule has 1 atom stereocenters. The Morgan fingerprint density at radius 2 is 2.22 bits per heavy atom. The Kier molecular flexibility index (Phi) is 3.12. The number of nitrogens with zero attached hydrogens (tertiary/aromatic N) is 1. The van der Waals surface area contributed by atoms with Crippen molar-refractivity contribution in [1.29, 1.82) is 0 Å². The Balaban J connectivity index is 1.54. The third-order valence-corrected chi connectivity index (χ3v) is 4.08. The Morgan fingerprint density at radius 1 is 1.39 bits per heavy atom. The van der Waals surface area contributed by atoms with Gasteiger partial charge in [0.25, 0.3) is 0 Å². The maximum Gasteiger partial charge on any atom is 0.166 e. The van der Waals surface area contributed by atoms with Gasteiger partial charge in [-0.15, -0.1) is 0 Å². The highest BCUT2D eigenvalue weighted by atomic mass is 16.6. The number of hydrogen-bond donors (Lipinski definition) is 1. The lowest BCUT2D eigenvalue weighted by Crippen LogP contribution is -2.27. The number of pyridine rings is 1. The first-order valence-electron chi connectivity index (χ1n) is 6.79. The molecule has 0 aromatic carbocycles. The minimum atomic E-state index is 0.175. The number of nitrogens with two attached hydrogens (primary N) is 1. The van der Waals surface area contributed by atoms with E-state index in [4.69, 9.17) is 15.2 Å². The summed E-state index contributed by atoms with van der Waals surface area (Å²) in [6.07, 6.45) is 9.22. The van der Waals surface area contributed by atoms with Gasteiger partial charge in [0.15, 0.2) is 11.6 Å². The highest BCUT2D eigenvalue weighted by molar-refractivity contribution is 5.44. The molecule has 4 heteroatoms. The van der Waals surface area contributed by atoms with Gasteiger partial charge >= 0.3 is 0 Å². The number of ether oxygens (including phenoxy) is 2. The van der Waals surface area contributed by atoms with Crippen molar-refractivity contribution in [2.45, 2.75) is 50.2 Å². The topological polar surface area (TPSA) is 57.4 Å². The van der Waals surface area contributed by atoms with Crippen LogP contribution < -0.4 is 10.5 Å². The lowest BCUT2D eigenvalue weighted by molar-refractivity contribution is -0.0508. The van der Waals surface area contributed by atoms with Crippen molar-refractivity contribution in [1.82, 2.24) is 4.98 Å². The van der Waals surface area contributed by atoms with Gasteiger partial charge in [0, 0.05) is 6.20 Å². The Morgan fingerprint density at radius 3 is 3.00 bits per heavy atom. The van der Waals surface area contributed by atoms with Gasteiger partial charge < -0.3 is 15.2 Å². The first kappa shape index (κ1) is 11.8. The molecule has 1 saturated heterocycles. The van der Waals surface area contributed by atoms with Crippen LogP contribution >= 0.6 is 0 Å². The maximum absolute atomic E-state index is 6.19. The molecular weight excluding hydrogens is 228 g/mol. The molecule has 2 fully saturated rings. The van der Waals surface area contributed by atoms with Gasteiger partial charge in [0.2, 0.25) is 0 Å². The molecule has 2 N–H and O–H groups in total. The minimum Gasteiger partial charge on any atom is -0.487 e. The Hall–Kier alpha value is -1.29. The second-order valence-electron chi connectivity index (χ2n) is 5.37. The van der Waals surface area contributed by atoms with Crippen LogP contribution in [-0.2, 0) is 4.74 Å². The number of anilines is 1. The molecule has 4 nitrogen and oxygen atoms in total. The van der Waals surface area contributed by atoms with E-state index in [-0.39, 0.29) is 11.7 Å². The van der Waals surface area contributed by atoms with Gasteiger partial charge in [-0.1, -0.05) is 12.8 Å². The van der Waals surface area contributed by atoms with Crippen LogP contribution in [0, 0.1) is 0 Å². The molecule has 1 aromatic heterocycles. The third-order valence-electron chi connectivity index (χ3n) is 4.08. The van der Waals surface area contributed by atoms with E-state index >= 15 is 0 Å². The summed E-state index contributed by atoms with van der Waals surface area (Å²) in [6.45, 7) is 0.581. The number of hydrogen-bond acceptors (Lipinski definition) is 4. The van der Waals surface area contributed by atoms with Crippen LogP contribution in [0.4, 0.5) is 5.82 Å². The molecule has 1 aliphatic heterocycles. The van der Waals surface area contributed by atoms with Crippen molar-refractivity contribution in [2.75, 3.05) is 12.3 Å². The molecule has 0 radical (unpaired) electrons. The standard InChI is InChI=1S/C14H20N2O2/c15-13-12(4-3-9-16-13)17-10-11-5-8-14(18-11)6-1-2-7-14/h3-4,9,11H,1-2,5-8,10H2,(H2,15,16). The average Bonchev–Trinajstić information content (AvgIpc) is 3.00. The quantitative estimate of drug-likeness (QED) is 0.893. The number of nitrogen functional groups attached to an aromatic ring is 1. The van der Waals surface area contributed by atoms with Crippen LogP contribution in [0.1, 0.15) is 38.5 Å². The average molecular weight is 248 g/mol.